The van der Waals surface area contributed by atoms with E-state index in [1.807, 2.05) is 26.2 Å². The first-order chi connectivity index (χ1) is 19.7. The molecule has 1 fully saturated rings. The molecule has 3 heterocycles. The van der Waals surface area contributed by atoms with Gasteiger partial charge in [0.2, 0.25) is 0 Å². The van der Waals surface area contributed by atoms with Crippen molar-refractivity contribution in [2.24, 2.45) is 0 Å². The van der Waals surface area contributed by atoms with Gasteiger partial charge in [-0.05, 0) is 50.4 Å². The normalized spacial score (nSPS) is 16.1. The second kappa shape index (κ2) is 11.9. The van der Waals surface area contributed by atoms with Crippen molar-refractivity contribution in [3.8, 4) is 51.3 Å². The summed E-state index contributed by atoms with van der Waals surface area (Å²) in [6.07, 6.45) is 3.24. The molecule has 0 aliphatic carbocycles. The first kappa shape index (κ1) is 29.3. The van der Waals surface area contributed by atoms with E-state index in [-0.39, 0.29) is 34.3 Å². The summed E-state index contributed by atoms with van der Waals surface area (Å²) in [5.41, 5.74) is 1.96. The minimum Gasteiger partial charge on any atom is -0.493 e. The smallest absolute Gasteiger partial charge is 0.187 e. The van der Waals surface area contributed by atoms with Crippen LogP contribution < -0.4 is 14.2 Å². The number of ether oxygens (including phenoxy) is 5. The summed E-state index contributed by atoms with van der Waals surface area (Å²) in [5, 5.41) is 12.5. The van der Waals surface area contributed by atoms with Gasteiger partial charge in [-0.25, -0.2) is 15.0 Å². The van der Waals surface area contributed by atoms with E-state index in [4.69, 9.17) is 51.9 Å². The van der Waals surface area contributed by atoms with E-state index in [9.17, 15) is 5.21 Å². The number of nitrogens with zero attached hydrogens (tertiary/aromatic N) is 4. The van der Waals surface area contributed by atoms with Gasteiger partial charge in [-0.2, -0.15) is 4.73 Å². The van der Waals surface area contributed by atoms with Gasteiger partial charge in [-0.15, -0.1) is 0 Å². The maximum Gasteiger partial charge on any atom is 0.187 e. The number of hydrogen-bond acceptors (Lipinski definition) is 10. The van der Waals surface area contributed by atoms with E-state index in [1.54, 1.807) is 43.6 Å². The molecule has 0 radical (unpaired) electrons. The van der Waals surface area contributed by atoms with Crippen LogP contribution in [0.15, 0.2) is 47.8 Å². The fourth-order valence-electron chi connectivity index (χ4n) is 4.52. The fraction of sp³-hybridized carbons (Fsp3) is 0.321. The van der Waals surface area contributed by atoms with Crippen LogP contribution in [0.25, 0.3) is 34.0 Å². The summed E-state index contributed by atoms with van der Waals surface area (Å²) in [5.74, 6) is 0.799. The summed E-state index contributed by atoms with van der Waals surface area (Å²) < 4.78 is 29.4. The molecule has 1 atom stereocenters. The molecule has 1 aliphatic heterocycles. The summed E-state index contributed by atoms with van der Waals surface area (Å²) in [6, 6.07) is 10.3. The zero-order chi connectivity index (χ0) is 29.3. The van der Waals surface area contributed by atoms with Gasteiger partial charge in [0.25, 0.3) is 0 Å². The van der Waals surface area contributed by atoms with Crippen molar-refractivity contribution < 1.29 is 28.9 Å². The van der Waals surface area contributed by atoms with E-state index in [0.29, 0.717) is 51.5 Å². The Balaban J connectivity index is 1.61. The van der Waals surface area contributed by atoms with Gasteiger partial charge >= 0.3 is 0 Å². The second-order valence-electron chi connectivity index (χ2n) is 9.44. The molecule has 0 bridgehead atoms. The van der Waals surface area contributed by atoms with E-state index >= 15 is 0 Å². The Bertz CT molecular complexity index is 1560. The summed E-state index contributed by atoms with van der Waals surface area (Å²) in [6.45, 7) is 4.35. The molecule has 0 amide bonds. The summed E-state index contributed by atoms with van der Waals surface area (Å²) in [7, 11) is 3.08. The topological polar surface area (TPSA) is 110 Å². The van der Waals surface area contributed by atoms with E-state index in [1.165, 1.54) is 18.9 Å². The first-order valence-corrected chi connectivity index (χ1v) is 14.5. The largest absolute Gasteiger partial charge is 0.493 e. The van der Waals surface area contributed by atoms with Crippen molar-refractivity contribution in [1.29, 1.82) is 0 Å². The van der Waals surface area contributed by atoms with Crippen LogP contribution in [-0.2, 0) is 9.47 Å². The third-order valence-electron chi connectivity index (χ3n) is 6.31. The van der Waals surface area contributed by atoms with Gasteiger partial charge in [0.15, 0.2) is 28.3 Å². The number of rotatable bonds is 9. The molecular weight excluding hydrogens is 591 g/mol. The Morgan fingerprint density at radius 3 is 2.51 bits per heavy atom. The average Bonchev–Trinajstić information content (AvgIpc) is 3.49. The first-order valence-electron chi connectivity index (χ1n) is 12.5. The van der Waals surface area contributed by atoms with Crippen molar-refractivity contribution in [3.05, 3.63) is 52.6 Å². The van der Waals surface area contributed by atoms with Gasteiger partial charge < -0.3 is 28.9 Å². The number of imidazole rings is 1. The van der Waals surface area contributed by atoms with Crippen LogP contribution >= 0.6 is 35.0 Å². The molecule has 5 rings (SSSR count). The Hall–Kier alpha value is -3.22. The molecule has 0 spiro atoms. The van der Waals surface area contributed by atoms with Crippen molar-refractivity contribution >= 4 is 35.0 Å². The van der Waals surface area contributed by atoms with Crippen LogP contribution in [0, 0.1) is 0 Å². The number of hydrogen-bond donors (Lipinski definition) is 1. The zero-order valence-corrected chi connectivity index (χ0v) is 25.3. The van der Waals surface area contributed by atoms with Crippen molar-refractivity contribution in [3.63, 3.8) is 0 Å². The Morgan fingerprint density at radius 1 is 1.12 bits per heavy atom. The lowest BCUT2D eigenvalue weighted by Crippen LogP contribution is -2.25. The van der Waals surface area contributed by atoms with E-state index < -0.39 is 5.79 Å². The van der Waals surface area contributed by atoms with Crippen LogP contribution in [0.4, 0.5) is 0 Å². The predicted molar refractivity (Wildman–Crippen MR) is 157 cm³/mol. The van der Waals surface area contributed by atoms with Crippen molar-refractivity contribution in [2.75, 3.05) is 33.7 Å². The van der Waals surface area contributed by atoms with Crippen LogP contribution in [0.2, 0.25) is 10.0 Å². The average molecular weight is 620 g/mol. The Morgan fingerprint density at radius 2 is 1.88 bits per heavy atom. The van der Waals surface area contributed by atoms with Crippen LogP contribution in [0.3, 0.4) is 0 Å². The molecular formula is C28H28Cl2N4O6S. The van der Waals surface area contributed by atoms with Gasteiger partial charge in [-0.1, -0.05) is 41.0 Å². The number of halogens is 2. The molecule has 1 N–H and O–H groups in total. The molecule has 10 nitrogen and oxygen atoms in total. The number of para-hydroxylation sites is 1. The minimum absolute atomic E-state index is 0.0972. The number of methoxy groups -OCH3 is 2. The lowest BCUT2D eigenvalue weighted by molar-refractivity contribution is -0.141. The molecule has 0 unspecified atom stereocenters. The fourth-order valence-corrected chi connectivity index (χ4v) is 5.51. The molecule has 216 valence electrons. The highest BCUT2D eigenvalue weighted by molar-refractivity contribution is 7.98. The molecule has 41 heavy (non-hydrogen) atoms. The second-order valence-corrected chi connectivity index (χ2v) is 11.0. The van der Waals surface area contributed by atoms with E-state index in [2.05, 4.69) is 9.97 Å². The molecule has 13 heteroatoms. The quantitative estimate of drug-likeness (QED) is 0.127. The van der Waals surface area contributed by atoms with Gasteiger partial charge in [0.05, 0.1) is 42.1 Å². The van der Waals surface area contributed by atoms with E-state index in [0.717, 1.165) is 4.73 Å². The maximum absolute atomic E-state index is 11.6. The van der Waals surface area contributed by atoms with Crippen LogP contribution in [0.1, 0.15) is 13.8 Å². The SMILES string of the molecule is COc1cccc(-c2nc(-c3c(Cl)cc(OC[C@H]4COC(C)(C)O4)cc3Cl)n(O)c2-c2ccnc(SC)n2)c1OC. The van der Waals surface area contributed by atoms with Gasteiger partial charge in [-0.3, -0.25) is 0 Å². The van der Waals surface area contributed by atoms with Crippen molar-refractivity contribution in [1.82, 2.24) is 19.7 Å². The molecule has 2 aromatic heterocycles. The Labute approximate surface area is 251 Å². The highest BCUT2D eigenvalue weighted by Gasteiger charge is 2.33. The zero-order valence-electron chi connectivity index (χ0n) is 23.0. The Kier molecular flexibility index (Phi) is 8.53. The molecule has 1 aliphatic rings. The maximum atomic E-state index is 11.6. The lowest BCUT2D eigenvalue weighted by Gasteiger charge is -2.17. The van der Waals surface area contributed by atoms with Crippen LogP contribution in [0.5, 0.6) is 17.2 Å². The minimum atomic E-state index is -0.660. The van der Waals surface area contributed by atoms with Crippen LogP contribution in [-0.4, -0.2) is 70.5 Å². The van der Waals surface area contributed by atoms with Gasteiger partial charge in [0.1, 0.15) is 29.8 Å². The summed E-state index contributed by atoms with van der Waals surface area (Å²) in [4.78, 5) is 13.7. The number of thioether (sulfide) groups is 1. The highest BCUT2D eigenvalue weighted by Crippen LogP contribution is 2.45. The number of benzene rings is 2. The molecule has 0 saturated carbocycles. The highest BCUT2D eigenvalue weighted by atomic mass is 35.5. The third kappa shape index (κ3) is 5.91. The third-order valence-corrected chi connectivity index (χ3v) is 7.47. The number of aromatic nitrogens is 4. The standard InChI is InChI=1S/C28H28Cl2N4O6S/c1-28(2)39-14-16(40-28)13-38-15-11-18(29)22(19(30)12-15)26-33-23(17-7-6-8-21(36-3)25(17)37-4)24(34(26)35)20-9-10-31-27(32-20)41-5/h6-12,16,35H,13-14H2,1-5H3/t16-/m0/s1. The lowest BCUT2D eigenvalue weighted by atomic mass is 10.1. The predicted octanol–water partition coefficient (Wildman–Crippen LogP) is 6.49. The molecule has 2 aromatic carbocycles. The monoisotopic (exact) mass is 618 g/mol. The molecule has 1 saturated heterocycles. The van der Waals surface area contributed by atoms with Gasteiger partial charge in [0, 0.05) is 11.8 Å². The van der Waals surface area contributed by atoms with Crippen molar-refractivity contribution in [2.45, 2.75) is 30.9 Å². The summed E-state index contributed by atoms with van der Waals surface area (Å²) >= 11 is 14.8. The molecule has 4 aromatic rings.